The molecule has 2 heterocycles. The lowest BCUT2D eigenvalue weighted by Crippen LogP contribution is -2.27. The Balaban J connectivity index is 2.11. The highest BCUT2D eigenvalue weighted by Gasteiger charge is 2.14. The molecule has 1 aliphatic heterocycles. The highest BCUT2D eigenvalue weighted by molar-refractivity contribution is 5.26. The van der Waals surface area contributed by atoms with E-state index in [9.17, 15) is 0 Å². The molecule has 15 heavy (non-hydrogen) atoms. The van der Waals surface area contributed by atoms with Gasteiger partial charge in [-0.15, -0.1) is 0 Å². The molecule has 0 atom stereocenters. The Kier molecular flexibility index (Phi) is 3.16. The van der Waals surface area contributed by atoms with Crippen LogP contribution in [-0.2, 0) is 12.8 Å². The van der Waals surface area contributed by atoms with Crippen molar-refractivity contribution in [1.82, 2.24) is 14.9 Å². The van der Waals surface area contributed by atoms with Gasteiger partial charge in [-0.3, -0.25) is 0 Å². The summed E-state index contributed by atoms with van der Waals surface area (Å²) in [6.45, 7) is 5.61. The summed E-state index contributed by atoms with van der Waals surface area (Å²) < 4.78 is 0. The van der Waals surface area contributed by atoms with Gasteiger partial charge in [-0.1, -0.05) is 6.92 Å². The maximum absolute atomic E-state index is 5.59. The maximum atomic E-state index is 5.59. The van der Waals surface area contributed by atoms with Crippen molar-refractivity contribution in [3.63, 3.8) is 0 Å². The minimum Gasteiger partial charge on any atom is -0.368 e. The van der Waals surface area contributed by atoms with Crippen LogP contribution in [0.5, 0.6) is 0 Å². The van der Waals surface area contributed by atoms with Crippen molar-refractivity contribution in [2.75, 3.05) is 25.4 Å². The van der Waals surface area contributed by atoms with Gasteiger partial charge in [-0.2, -0.15) is 0 Å². The number of nitrogen functional groups attached to an aromatic ring is 1. The van der Waals surface area contributed by atoms with E-state index < -0.39 is 0 Å². The molecular weight excluding hydrogens is 188 g/mol. The number of nitrogens with two attached hydrogens (primary N) is 1. The van der Waals surface area contributed by atoms with Crippen LogP contribution >= 0.6 is 0 Å². The van der Waals surface area contributed by atoms with Crippen molar-refractivity contribution in [2.24, 2.45) is 0 Å². The quantitative estimate of drug-likeness (QED) is 0.780. The molecule has 0 aliphatic carbocycles. The van der Waals surface area contributed by atoms with E-state index in [2.05, 4.69) is 21.8 Å². The smallest absolute Gasteiger partial charge is 0.220 e. The molecule has 1 aromatic rings. The van der Waals surface area contributed by atoms with Gasteiger partial charge in [-0.05, 0) is 24.9 Å². The van der Waals surface area contributed by atoms with E-state index in [0.29, 0.717) is 5.95 Å². The van der Waals surface area contributed by atoms with E-state index in [4.69, 9.17) is 5.73 Å². The minimum atomic E-state index is 0.401. The molecule has 0 amide bonds. The van der Waals surface area contributed by atoms with Gasteiger partial charge in [0.25, 0.3) is 0 Å². The van der Waals surface area contributed by atoms with E-state index in [1.165, 1.54) is 18.5 Å². The fraction of sp³-hybridized carbons (Fsp3) is 0.636. The second-order valence-corrected chi connectivity index (χ2v) is 4.04. The minimum absolute atomic E-state index is 0.401. The SMILES string of the molecule is CCCN1CCc2cnc(N)nc2CC1. The average molecular weight is 206 g/mol. The van der Waals surface area contributed by atoms with E-state index in [1.807, 2.05) is 6.20 Å². The van der Waals surface area contributed by atoms with Crippen LogP contribution in [0.25, 0.3) is 0 Å². The summed E-state index contributed by atoms with van der Waals surface area (Å²) in [6, 6.07) is 0. The van der Waals surface area contributed by atoms with Crippen LogP contribution in [0.2, 0.25) is 0 Å². The number of rotatable bonds is 2. The van der Waals surface area contributed by atoms with Gasteiger partial charge >= 0.3 is 0 Å². The molecule has 1 aromatic heterocycles. The van der Waals surface area contributed by atoms with E-state index in [1.54, 1.807) is 0 Å². The van der Waals surface area contributed by atoms with Gasteiger partial charge < -0.3 is 10.6 Å². The van der Waals surface area contributed by atoms with E-state index >= 15 is 0 Å². The van der Waals surface area contributed by atoms with Gasteiger partial charge in [0.1, 0.15) is 0 Å². The predicted octanol–water partition coefficient (Wildman–Crippen LogP) is 0.869. The van der Waals surface area contributed by atoms with Crippen LogP contribution in [0, 0.1) is 0 Å². The first-order chi connectivity index (χ1) is 7.29. The number of aromatic nitrogens is 2. The zero-order chi connectivity index (χ0) is 10.7. The Morgan fingerprint density at radius 1 is 1.40 bits per heavy atom. The molecule has 2 N–H and O–H groups in total. The van der Waals surface area contributed by atoms with E-state index in [0.717, 1.165) is 31.6 Å². The van der Waals surface area contributed by atoms with Crippen LogP contribution < -0.4 is 5.73 Å². The van der Waals surface area contributed by atoms with Crippen molar-refractivity contribution in [3.8, 4) is 0 Å². The van der Waals surface area contributed by atoms with Crippen LogP contribution in [0.1, 0.15) is 24.6 Å². The van der Waals surface area contributed by atoms with Crippen LogP contribution in [0.15, 0.2) is 6.20 Å². The highest BCUT2D eigenvalue weighted by atomic mass is 15.1. The molecule has 0 saturated heterocycles. The monoisotopic (exact) mass is 206 g/mol. The van der Waals surface area contributed by atoms with Gasteiger partial charge in [-0.25, -0.2) is 9.97 Å². The molecule has 4 heteroatoms. The summed E-state index contributed by atoms with van der Waals surface area (Å²) in [7, 11) is 0. The normalized spacial score (nSPS) is 17.1. The van der Waals surface area contributed by atoms with Gasteiger partial charge in [0, 0.05) is 25.7 Å². The lowest BCUT2D eigenvalue weighted by atomic mass is 10.1. The van der Waals surface area contributed by atoms with Crippen molar-refractivity contribution in [2.45, 2.75) is 26.2 Å². The zero-order valence-electron chi connectivity index (χ0n) is 9.24. The summed E-state index contributed by atoms with van der Waals surface area (Å²) in [5, 5.41) is 0. The number of fused-ring (bicyclic) bond motifs is 1. The standard InChI is InChI=1S/C11H18N4/c1-2-5-15-6-3-9-8-13-11(12)14-10(9)4-7-15/h8H,2-7H2,1H3,(H2,12,13,14). The third-order valence-electron chi connectivity index (χ3n) is 2.87. The first kappa shape index (κ1) is 10.4. The van der Waals surface area contributed by atoms with Crippen LogP contribution in [0.3, 0.4) is 0 Å². The van der Waals surface area contributed by atoms with E-state index in [-0.39, 0.29) is 0 Å². The lowest BCUT2D eigenvalue weighted by molar-refractivity contribution is 0.288. The van der Waals surface area contributed by atoms with Gasteiger partial charge in [0.2, 0.25) is 5.95 Å². The third-order valence-corrected chi connectivity index (χ3v) is 2.87. The Labute approximate surface area is 90.5 Å². The van der Waals surface area contributed by atoms with Crippen molar-refractivity contribution in [1.29, 1.82) is 0 Å². The van der Waals surface area contributed by atoms with Gasteiger partial charge in [0.15, 0.2) is 0 Å². The largest absolute Gasteiger partial charge is 0.368 e. The van der Waals surface area contributed by atoms with Crippen molar-refractivity contribution in [3.05, 3.63) is 17.5 Å². The zero-order valence-corrected chi connectivity index (χ0v) is 9.24. The molecule has 2 rings (SSSR count). The summed E-state index contributed by atoms with van der Waals surface area (Å²) in [5.41, 5.74) is 8.00. The summed E-state index contributed by atoms with van der Waals surface area (Å²) >= 11 is 0. The first-order valence-corrected chi connectivity index (χ1v) is 5.62. The van der Waals surface area contributed by atoms with Gasteiger partial charge in [0.05, 0.1) is 5.69 Å². The second-order valence-electron chi connectivity index (χ2n) is 4.04. The highest BCUT2D eigenvalue weighted by Crippen LogP contribution is 2.13. The summed E-state index contributed by atoms with van der Waals surface area (Å²) in [6.07, 6.45) is 5.15. The Hall–Kier alpha value is -1.16. The molecule has 4 nitrogen and oxygen atoms in total. The molecule has 1 aliphatic rings. The molecule has 0 saturated carbocycles. The van der Waals surface area contributed by atoms with Crippen molar-refractivity contribution >= 4 is 5.95 Å². The molecule has 0 unspecified atom stereocenters. The lowest BCUT2D eigenvalue weighted by Gasteiger charge is -2.17. The van der Waals surface area contributed by atoms with Crippen molar-refractivity contribution < 1.29 is 0 Å². The second kappa shape index (κ2) is 4.57. The van der Waals surface area contributed by atoms with Crippen LogP contribution in [-0.4, -0.2) is 34.5 Å². The Morgan fingerprint density at radius 3 is 3.00 bits per heavy atom. The Bertz CT molecular complexity index is 337. The Morgan fingerprint density at radius 2 is 2.20 bits per heavy atom. The fourth-order valence-electron chi connectivity index (χ4n) is 2.08. The first-order valence-electron chi connectivity index (χ1n) is 5.62. The number of anilines is 1. The number of hydrogen-bond donors (Lipinski definition) is 1. The predicted molar refractivity (Wildman–Crippen MR) is 60.6 cm³/mol. The number of nitrogens with zero attached hydrogens (tertiary/aromatic N) is 3. The third kappa shape index (κ3) is 2.45. The molecule has 0 bridgehead atoms. The average Bonchev–Trinajstić information content (AvgIpc) is 2.42. The molecule has 82 valence electrons. The molecule has 0 spiro atoms. The molecule has 0 fully saturated rings. The number of hydrogen-bond acceptors (Lipinski definition) is 4. The topological polar surface area (TPSA) is 55.0 Å². The maximum Gasteiger partial charge on any atom is 0.220 e. The molecule has 0 aromatic carbocycles. The van der Waals surface area contributed by atoms with Crippen LogP contribution in [0.4, 0.5) is 5.95 Å². The summed E-state index contributed by atoms with van der Waals surface area (Å²) in [5.74, 6) is 0.401. The summed E-state index contributed by atoms with van der Waals surface area (Å²) in [4.78, 5) is 10.8. The molecular formula is C11H18N4. The fourth-order valence-corrected chi connectivity index (χ4v) is 2.08. The molecule has 0 radical (unpaired) electrons.